The molecular weight excluding hydrogens is 159 g/mol. The molecule has 0 saturated carbocycles. The molecule has 1 aromatic heterocycles. The topological polar surface area (TPSA) is 34.9 Å². The SMILES string of the molecule is CC(F)CCn1nccc1C=O. The van der Waals surface area contributed by atoms with Crippen molar-refractivity contribution in [1.29, 1.82) is 0 Å². The third-order valence-electron chi connectivity index (χ3n) is 1.61. The van der Waals surface area contributed by atoms with Gasteiger partial charge in [0.1, 0.15) is 5.69 Å². The number of rotatable bonds is 4. The second kappa shape index (κ2) is 3.99. The van der Waals surface area contributed by atoms with E-state index in [1.54, 1.807) is 6.07 Å². The molecular formula is C8H11FN2O. The fourth-order valence-electron chi connectivity index (χ4n) is 0.930. The van der Waals surface area contributed by atoms with Crippen LogP contribution in [0.1, 0.15) is 23.8 Å². The summed E-state index contributed by atoms with van der Waals surface area (Å²) in [6.45, 7) is 1.95. The van der Waals surface area contributed by atoms with Gasteiger partial charge in [0.15, 0.2) is 6.29 Å². The van der Waals surface area contributed by atoms with Crippen LogP contribution < -0.4 is 0 Å². The first-order valence-corrected chi connectivity index (χ1v) is 3.85. The molecule has 1 aromatic rings. The third-order valence-corrected chi connectivity index (χ3v) is 1.61. The smallest absolute Gasteiger partial charge is 0.168 e. The van der Waals surface area contributed by atoms with Crippen LogP contribution in [0.5, 0.6) is 0 Å². The summed E-state index contributed by atoms with van der Waals surface area (Å²) < 4.78 is 13.9. The van der Waals surface area contributed by atoms with Crippen molar-refractivity contribution in [3.05, 3.63) is 18.0 Å². The van der Waals surface area contributed by atoms with Gasteiger partial charge in [-0.25, -0.2) is 4.39 Å². The molecule has 1 rings (SSSR count). The molecule has 0 aliphatic carbocycles. The van der Waals surface area contributed by atoms with Crippen LogP contribution in [-0.2, 0) is 6.54 Å². The van der Waals surface area contributed by atoms with E-state index >= 15 is 0 Å². The van der Waals surface area contributed by atoms with Crippen LogP contribution in [0.25, 0.3) is 0 Å². The molecule has 3 nitrogen and oxygen atoms in total. The normalized spacial score (nSPS) is 12.8. The van der Waals surface area contributed by atoms with E-state index in [1.165, 1.54) is 17.8 Å². The Morgan fingerprint density at radius 1 is 1.83 bits per heavy atom. The monoisotopic (exact) mass is 170 g/mol. The van der Waals surface area contributed by atoms with Crippen LogP contribution in [0, 0.1) is 0 Å². The molecule has 0 fully saturated rings. The number of carbonyl (C=O) groups excluding carboxylic acids is 1. The summed E-state index contributed by atoms with van der Waals surface area (Å²) in [5.74, 6) is 0. The Labute approximate surface area is 70.2 Å². The lowest BCUT2D eigenvalue weighted by Crippen LogP contribution is -2.07. The molecule has 0 amide bonds. The lowest BCUT2D eigenvalue weighted by Gasteiger charge is -2.03. The summed E-state index contributed by atoms with van der Waals surface area (Å²) in [4.78, 5) is 10.4. The highest BCUT2D eigenvalue weighted by Gasteiger charge is 2.02. The highest BCUT2D eigenvalue weighted by atomic mass is 19.1. The number of halogens is 1. The molecule has 0 radical (unpaired) electrons. The summed E-state index contributed by atoms with van der Waals surface area (Å²) in [7, 11) is 0. The molecule has 4 heteroatoms. The lowest BCUT2D eigenvalue weighted by molar-refractivity contribution is 0.111. The summed E-state index contributed by atoms with van der Waals surface area (Å²) >= 11 is 0. The largest absolute Gasteiger partial charge is 0.296 e. The molecule has 66 valence electrons. The molecule has 0 aromatic carbocycles. The molecule has 1 atom stereocenters. The van der Waals surface area contributed by atoms with Gasteiger partial charge in [0, 0.05) is 12.7 Å². The number of aldehydes is 1. The van der Waals surface area contributed by atoms with Crippen molar-refractivity contribution in [3.8, 4) is 0 Å². The van der Waals surface area contributed by atoms with Crippen LogP contribution in [-0.4, -0.2) is 22.2 Å². The van der Waals surface area contributed by atoms with E-state index in [0.717, 1.165) is 6.29 Å². The Kier molecular flexibility index (Phi) is 2.96. The Morgan fingerprint density at radius 3 is 3.17 bits per heavy atom. The second-order valence-corrected chi connectivity index (χ2v) is 2.67. The van der Waals surface area contributed by atoms with Gasteiger partial charge in [0.25, 0.3) is 0 Å². The standard InChI is InChI=1S/C8H11FN2O/c1-7(9)3-5-11-8(6-12)2-4-10-11/h2,4,6-7H,3,5H2,1H3. The first-order valence-electron chi connectivity index (χ1n) is 3.85. The van der Waals surface area contributed by atoms with E-state index < -0.39 is 6.17 Å². The van der Waals surface area contributed by atoms with E-state index in [9.17, 15) is 9.18 Å². The van der Waals surface area contributed by atoms with Gasteiger partial charge in [0.05, 0.1) is 6.17 Å². The van der Waals surface area contributed by atoms with Crippen molar-refractivity contribution in [3.63, 3.8) is 0 Å². The molecule has 12 heavy (non-hydrogen) atoms. The van der Waals surface area contributed by atoms with Gasteiger partial charge in [-0.2, -0.15) is 5.10 Å². The Hall–Kier alpha value is -1.19. The lowest BCUT2D eigenvalue weighted by atomic mass is 10.3. The Morgan fingerprint density at radius 2 is 2.58 bits per heavy atom. The Balaban J connectivity index is 2.56. The van der Waals surface area contributed by atoms with Crippen molar-refractivity contribution in [2.45, 2.75) is 26.1 Å². The summed E-state index contributed by atoms with van der Waals surface area (Å²) in [5.41, 5.74) is 0.496. The number of alkyl halides is 1. The molecule has 0 aliphatic rings. The number of hydrogen-bond donors (Lipinski definition) is 0. The molecule has 0 N–H and O–H groups in total. The molecule has 1 unspecified atom stereocenters. The number of hydrogen-bond acceptors (Lipinski definition) is 2. The minimum atomic E-state index is -0.853. The number of aryl methyl sites for hydroxylation is 1. The molecule has 0 saturated heterocycles. The first kappa shape index (κ1) is 8.90. The highest BCUT2D eigenvalue weighted by molar-refractivity contribution is 5.71. The highest BCUT2D eigenvalue weighted by Crippen LogP contribution is 2.01. The van der Waals surface area contributed by atoms with Gasteiger partial charge >= 0.3 is 0 Å². The quantitative estimate of drug-likeness (QED) is 0.641. The van der Waals surface area contributed by atoms with E-state index in [4.69, 9.17) is 0 Å². The van der Waals surface area contributed by atoms with E-state index in [0.29, 0.717) is 18.7 Å². The fraction of sp³-hybridized carbons (Fsp3) is 0.500. The molecule has 0 aliphatic heterocycles. The van der Waals surface area contributed by atoms with Crippen LogP contribution in [0.2, 0.25) is 0 Å². The molecule has 0 spiro atoms. The van der Waals surface area contributed by atoms with Gasteiger partial charge in [-0.1, -0.05) is 0 Å². The van der Waals surface area contributed by atoms with Crippen LogP contribution in [0.4, 0.5) is 4.39 Å². The van der Waals surface area contributed by atoms with Crippen molar-refractivity contribution >= 4 is 6.29 Å². The van der Waals surface area contributed by atoms with Crippen LogP contribution in [0.15, 0.2) is 12.3 Å². The predicted molar refractivity (Wildman–Crippen MR) is 42.8 cm³/mol. The zero-order valence-electron chi connectivity index (χ0n) is 6.90. The minimum Gasteiger partial charge on any atom is -0.296 e. The number of carbonyl (C=O) groups is 1. The van der Waals surface area contributed by atoms with Gasteiger partial charge in [-0.15, -0.1) is 0 Å². The van der Waals surface area contributed by atoms with Gasteiger partial charge in [-0.05, 0) is 19.4 Å². The first-order chi connectivity index (χ1) is 5.74. The zero-order valence-corrected chi connectivity index (χ0v) is 6.90. The average Bonchev–Trinajstić information content (AvgIpc) is 2.47. The van der Waals surface area contributed by atoms with Crippen molar-refractivity contribution in [1.82, 2.24) is 9.78 Å². The van der Waals surface area contributed by atoms with Gasteiger partial charge in [-0.3, -0.25) is 9.48 Å². The summed E-state index contributed by atoms with van der Waals surface area (Å²) in [5, 5.41) is 3.88. The number of aromatic nitrogens is 2. The molecule has 1 heterocycles. The van der Waals surface area contributed by atoms with E-state index in [2.05, 4.69) is 5.10 Å². The van der Waals surface area contributed by atoms with Crippen LogP contribution >= 0.6 is 0 Å². The fourth-order valence-corrected chi connectivity index (χ4v) is 0.930. The maximum atomic E-state index is 12.4. The maximum Gasteiger partial charge on any atom is 0.168 e. The minimum absolute atomic E-state index is 0.391. The Bertz CT molecular complexity index is 257. The maximum absolute atomic E-state index is 12.4. The number of nitrogens with zero attached hydrogens (tertiary/aromatic N) is 2. The third kappa shape index (κ3) is 2.15. The second-order valence-electron chi connectivity index (χ2n) is 2.67. The van der Waals surface area contributed by atoms with Crippen molar-refractivity contribution in [2.75, 3.05) is 0 Å². The summed E-state index contributed by atoms with van der Waals surface area (Å²) in [6.07, 6.45) is 1.79. The zero-order chi connectivity index (χ0) is 8.97. The average molecular weight is 170 g/mol. The summed E-state index contributed by atoms with van der Waals surface area (Å²) in [6, 6.07) is 1.61. The van der Waals surface area contributed by atoms with E-state index in [-0.39, 0.29) is 0 Å². The van der Waals surface area contributed by atoms with Crippen molar-refractivity contribution in [2.24, 2.45) is 0 Å². The van der Waals surface area contributed by atoms with E-state index in [1.807, 2.05) is 0 Å². The van der Waals surface area contributed by atoms with Gasteiger partial charge in [0.2, 0.25) is 0 Å². The van der Waals surface area contributed by atoms with Crippen molar-refractivity contribution < 1.29 is 9.18 Å². The van der Waals surface area contributed by atoms with Crippen LogP contribution in [0.3, 0.4) is 0 Å². The predicted octanol–water partition coefficient (Wildman–Crippen LogP) is 1.44. The van der Waals surface area contributed by atoms with Gasteiger partial charge < -0.3 is 0 Å². The molecule has 0 bridgehead atoms.